The molecule has 1 rings (SSSR count). The van der Waals surface area contributed by atoms with Gasteiger partial charge in [0.15, 0.2) is 0 Å². The van der Waals surface area contributed by atoms with Crippen LogP contribution in [-0.4, -0.2) is 84.0 Å². The predicted molar refractivity (Wildman–Crippen MR) is 294 cm³/mol. The maximum Gasteiger partial charge on any atom is 0.222 e. The zero-order valence-electron chi connectivity index (χ0n) is 46.2. The predicted octanol–water partition coefficient (Wildman–Crippen LogP) is 17.8. The van der Waals surface area contributed by atoms with Crippen molar-refractivity contribution >= 4 is 11.8 Å². The Morgan fingerprint density at radius 1 is 0.328 bits per heavy atom. The van der Waals surface area contributed by atoms with Crippen LogP contribution in [0.1, 0.15) is 317 Å². The van der Waals surface area contributed by atoms with Crippen molar-refractivity contribution in [1.82, 2.24) is 14.7 Å². The normalized spacial score (nSPS) is 14.7. The zero-order valence-corrected chi connectivity index (χ0v) is 46.2. The van der Waals surface area contributed by atoms with Crippen LogP contribution in [0.25, 0.3) is 0 Å². The topological polar surface area (TPSA) is 64.1 Å². The van der Waals surface area contributed by atoms with Gasteiger partial charge in [-0.05, 0) is 82.7 Å². The summed E-state index contributed by atoms with van der Waals surface area (Å²) in [5.41, 5.74) is 0. The molecule has 0 spiro atoms. The van der Waals surface area contributed by atoms with E-state index in [0.29, 0.717) is 30.3 Å². The third-order valence-corrected chi connectivity index (χ3v) is 15.4. The van der Waals surface area contributed by atoms with Crippen LogP contribution in [0.3, 0.4) is 0 Å². The first-order valence-electron chi connectivity index (χ1n) is 30.9. The first-order chi connectivity index (χ1) is 33.0. The SMILES string of the molecule is CCCCCCCCCCN(CCCCCCCCCC)C(=O)CCCCCCCN(CCCCCCCC(=O)N(CCCCCCCCCC)CCCCCCCCCC)C[C@H]1C[C@@H]1CO. The summed E-state index contributed by atoms with van der Waals surface area (Å²) in [4.78, 5) is 34.1. The number of hydrogen-bond acceptors (Lipinski definition) is 4. The van der Waals surface area contributed by atoms with Crippen molar-refractivity contribution in [3.8, 4) is 0 Å². The molecule has 1 saturated carbocycles. The van der Waals surface area contributed by atoms with Crippen molar-refractivity contribution in [3.63, 3.8) is 0 Å². The quantitative estimate of drug-likeness (QED) is 0.0617. The van der Waals surface area contributed by atoms with Gasteiger partial charge in [-0.2, -0.15) is 0 Å². The summed E-state index contributed by atoms with van der Waals surface area (Å²) in [6.45, 7) is 16.9. The molecular formula is C61H121N3O3. The van der Waals surface area contributed by atoms with E-state index in [1.807, 2.05) is 0 Å². The summed E-state index contributed by atoms with van der Waals surface area (Å²) in [5.74, 6) is 2.03. The number of aliphatic hydroxyl groups is 1. The molecule has 398 valence electrons. The summed E-state index contributed by atoms with van der Waals surface area (Å²) in [7, 11) is 0. The maximum atomic E-state index is 13.4. The van der Waals surface area contributed by atoms with E-state index in [1.54, 1.807) is 0 Å². The van der Waals surface area contributed by atoms with E-state index in [2.05, 4.69) is 42.4 Å². The van der Waals surface area contributed by atoms with Gasteiger partial charge in [-0.25, -0.2) is 0 Å². The van der Waals surface area contributed by atoms with E-state index in [4.69, 9.17) is 0 Å². The second kappa shape index (κ2) is 49.8. The van der Waals surface area contributed by atoms with Gasteiger partial charge in [0.2, 0.25) is 11.8 Å². The molecule has 0 bridgehead atoms. The Bertz CT molecular complexity index is 929. The highest BCUT2D eigenvalue weighted by Gasteiger charge is 2.37. The smallest absolute Gasteiger partial charge is 0.222 e. The molecule has 0 unspecified atom stereocenters. The Morgan fingerprint density at radius 3 is 0.821 bits per heavy atom. The number of unbranched alkanes of at least 4 members (excludes halogenated alkanes) is 36. The van der Waals surface area contributed by atoms with E-state index in [1.165, 1.54) is 276 Å². The van der Waals surface area contributed by atoms with Crippen LogP contribution in [0.4, 0.5) is 0 Å². The molecule has 0 radical (unpaired) electrons. The number of carbonyl (C=O) groups is 2. The van der Waals surface area contributed by atoms with E-state index in [0.717, 1.165) is 58.4 Å². The zero-order chi connectivity index (χ0) is 48.5. The van der Waals surface area contributed by atoms with Gasteiger partial charge in [0.25, 0.3) is 0 Å². The maximum absolute atomic E-state index is 13.4. The number of hydrogen-bond donors (Lipinski definition) is 1. The van der Waals surface area contributed by atoms with Crippen LogP contribution in [0.15, 0.2) is 0 Å². The molecule has 67 heavy (non-hydrogen) atoms. The van der Waals surface area contributed by atoms with Crippen LogP contribution in [0, 0.1) is 11.8 Å². The second-order valence-electron chi connectivity index (χ2n) is 21.9. The average Bonchev–Trinajstić information content (AvgIpc) is 4.10. The molecule has 0 heterocycles. The number of nitrogens with zero attached hydrogens (tertiary/aromatic N) is 3. The fourth-order valence-electron chi connectivity index (χ4n) is 10.5. The van der Waals surface area contributed by atoms with Gasteiger partial charge in [0, 0.05) is 52.2 Å². The second-order valence-corrected chi connectivity index (χ2v) is 21.9. The third-order valence-electron chi connectivity index (χ3n) is 15.4. The van der Waals surface area contributed by atoms with Crippen LogP contribution < -0.4 is 0 Å². The molecular weight excluding hydrogens is 823 g/mol. The molecule has 2 atom stereocenters. The lowest BCUT2D eigenvalue weighted by Gasteiger charge is -2.23. The molecule has 1 fully saturated rings. The van der Waals surface area contributed by atoms with E-state index in [9.17, 15) is 14.7 Å². The molecule has 6 heteroatoms. The number of amides is 2. The summed E-state index contributed by atoms with van der Waals surface area (Å²) in [6.07, 6.45) is 56.8. The standard InChI is InChI=1S/C61H121N3O3/c1-5-9-13-17-21-25-35-43-51-63(52-44-36-26-22-18-14-10-6-2)60(66)47-39-31-29-33-41-49-62(56-58-55-59(58)57-65)50-42-34-30-32-40-48-61(67)64(53-45-37-27-23-19-15-11-7-3)54-46-38-28-24-20-16-12-8-4/h58-59,65H,5-57H2,1-4H3/t58-,59-/m1/s1. The minimum atomic E-state index is 0.349. The molecule has 0 aromatic rings. The van der Waals surface area contributed by atoms with E-state index >= 15 is 0 Å². The van der Waals surface area contributed by atoms with E-state index < -0.39 is 0 Å². The lowest BCUT2D eigenvalue weighted by Crippen LogP contribution is -2.32. The fraction of sp³-hybridized carbons (Fsp3) is 0.967. The van der Waals surface area contributed by atoms with Crippen LogP contribution in [0.5, 0.6) is 0 Å². The molecule has 2 amide bonds. The lowest BCUT2D eigenvalue weighted by molar-refractivity contribution is -0.132. The lowest BCUT2D eigenvalue weighted by atomic mass is 10.1. The molecule has 1 aliphatic rings. The highest BCUT2D eigenvalue weighted by molar-refractivity contribution is 5.76. The van der Waals surface area contributed by atoms with Crippen molar-refractivity contribution < 1.29 is 14.7 Å². The van der Waals surface area contributed by atoms with Crippen molar-refractivity contribution in [2.45, 2.75) is 317 Å². The largest absolute Gasteiger partial charge is 0.396 e. The number of aliphatic hydroxyl groups excluding tert-OH is 1. The average molecular weight is 945 g/mol. The van der Waals surface area contributed by atoms with Crippen molar-refractivity contribution in [1.29, 1.82) is 0 Å². The minimum absolute atomic E-state index is 0.349. The number of carbonyl (C=O) groups excluding carboxylic acids is 2. The summed E-state index contributed by atoms with van der Waals surface area (Å²) < 4.78 is 0. The van der Waals surface area contributed by atoms with Gasteiger partial charge in [-0.1, -0.05) is 246 Å². The molecule has 0 aliphatic heterocycles. The molecule has 0 aromatic heterocycles. The Balaban J connectivity index is 2.39. The molecule has 6 nitrogen and oxygen atoms in total. The van der Waals surface area contributed by atoms with Crippen molar-refractivity contribution in [3.05, 3.63) is 0 Å². The Hall–Kier alpha value is -1.14. The third kappa shape index (κ3) is 41.2. The van der Waals surface area contributed by atoms with Gasteiger partial charge in [-0.15, -0.1) is 0 Å². The summed E-state index contributed by atoms with van der Waals surface area (Å²) in [6, 6.07) is 0. The summed E-state index contributed by atoms with van der Waals surface area (Å²) >= 11 is 0. The monoisotopic (exact) mass is 944 g/mol. The Labute approximate surface area is 420 Å². The van der Waals surface area contributed by atoms with Crippen molar-refractivity contribution in [2.24, 2.45) is 11.8 Å². The van der Waals surface area contributed by atoms with Crippen LogP contribution in [0.2, 0.25) is 0 Å². The van der Waals surface area contributed by atoms with Crippen molar-refractivity contribution in [2.75, 3.05) is 52.4 Å². The molecule has 0 saturated heterocycles. The highest BCUT2D eigenvalue weighted by Crippen LogP contribution is 2.38. The summed E-state index contributed by atoms with van der Waals surface area (Å²) in [5, 5.41) is 9.75. The first kappa shape index (κ1) is 63.9. The van der Waals surface area contributed by atoms with Crippen LogP contribution >= 0.6 is 0 Å². The fourth-order valence-corrected chi connectivity index (χ4v) is 10.5. The minimum Gasteiger partial charge on any atom is -0.396 e. The first-order valence-corrected chi connectivity index (χ1v) is 30.9. The highest BCUT2D eigenvalue weighted by atomic mass is 16.3. The molecule has 1 aliphatic carbocycles. The van der Waals surface area contributed by atoms with Gasteiger partial charge in [-0.3, -0.25) is 9.59 Å². The van der Waals surface area contributed by atoms with Gasteiger partial charge in [0.05, 0.1) is 0 Å². The number of rotatable bonds is 55. The van der Waals surface area contributed by atoms with E-state index in [-0.39, 0.29) is 0 Å². The Morgan fingerprint density at radius 2 is 0.567 bits per heavy atom. The van der Waals surface area contributed by atoms with Gasteiger partial charge >= 0.3 is 0 Å². The van der Waals surface area contributed by atoms with Crippen LogP contribution in [-0.2, 0) is 9.59 Å². The molecule has 1 N–H and O–H groups in total. The van der Waals surface area contributed by atoms with Gasteiger partial charge < -0.3 is 19.8 Å². The molecule has 0 aromatic carbocycles. The Kier molecular flexibility index (Phi) is 47.5. The van der Waals surface area contributed by atoms with Gasteiger partial charge in [0.1, 0.15) is 0 Å².